The van der Waals surface area contributed by atoms with Crippen LogP contribution in [0.4, 0.5) is 0 Å². The lowest BCUT2D eigenvalue weighted by Crippen LogP contribution is -2.31. The molecule has 2 heteroatoms. The van der Waals surface area contributed by atoms with Gasteiger partial charge in [-0.2, -0.15) is 0 Å². The molecule has 1 aromatic heterocycles. The van der Waals surface area contributed by atoms with E-state index in [1.165, 1.54) is 12.8 Å². The average Bonchev–Trinajstić information content (AvgIpc) is 2.91. The Morgan fingerprint density at radius 2 is 2.43 bits per heavy atom. The fourth-order valence-corrected chi connectivity index (χ4v) is 2.88. The maximum atomic E-state index is 10.4. The van der Waals surface area contributed by atoms with Crippen molar-refractivity contribution in [2.45, 2.75) is 31.3 Å². The summed E-state index contributed by atoms with van der Waals surface area (Å²) < 4.78 is 0. The van der Waals surface area contributed by atoms with Crippen molar-refractivity contribution in [3.05, 3.63) is 30.1 Å². The number of hydrogen-bond acceptors (Lipinski definition) is 2. The molecule has 0 radical (unpaired) electrons. The highest BCUT2D eigenvalue weighted by Gasteiger charge is 2.56. The number of hydrogen-bond donors (Lipinski definition) is 1. The van der Waals surface area contributed by atoms with E-state index >= 15 is 0 Å². The van der Waals surface area contributed by atoms with Gasteiger partial charge >= 0.3 is 0 Å². The summed E-state index contributed by atoms with van der Waals surface area (Å²) >= 11 is 0. The summed E-state index contributed by atoms with van der Waals surface area (Å²) in [4.78, 5) is 4.28. The second-order valence-corrected chi connectivity index (χ2v) is 4.74. The van der Waals surface area contributed by atoms with Gasteiger partial charge in [0.25, 0.3) is 0 Å². The minimum Gasteiger partial charge on any atom is -0.389 e. The average molecular weight is 189 g/mol. The third kappa shape index (κ3) is 1.25. The fraction of sp³-hybridized carbons (Fsp3) is 0.583. The number of aliphatic hydroxyl groups is 1. The first-order valence-corrected chi connectivity index (χ1v) is 5.40. The highest BCUT2D eigenvalue weighted by Crippen LogP contribution is 2.58. The monoisotopic (exact) mass is 189 g/mol. The van der Waals surface area contributed by atoms with Crippen molar-refractivity contribution in [1.82, 2.24) is 4.98 Å². The highest BCUT2D eigenvalue weighted by molar-refractivity contribution is 5.14. The first-order chi connectivity index (χ1) is 6.78. The van der Waals surface area contributed by atoms with Crippen LogP contribution in [0.1, 0.15) is 25.0 Å². The summed E-state index contributed by atoms with van der Waals surface area (Å²) in [6.07, 6.45) is 5.98. The molecule has 0 aliphatic heterocycles. The number of pyridine rings is 1. The van der Waals surface area contributed by atoms with Crippen molar-refractivity contribution in [3.63, 3.8) is 0 Å². The standard InChI is InChI=1S/C12H15NO/c14-12(5-4-9-7-11(9)12)8-10-3-1-2-6-13-10/h1-3,6,9,11,14H,4-5,7-8H2. The Bertz CT molecular complexity index is 337. The number of fused-ring (bicyclic) bond motifs is 1. The molecule has 3 unspecified atom stereocenters. The minimum absolute atomic E-state index is 0.432. The van der Waals surface area contributed by atoms with Crippen molar-refractivity contribution in [3.8, 4) is 0 Å². The van der Waals surface area contributed by atoms with Crippen LogP contribution in [0.15, 0.2) is 24.4 Å². The van der Waals surface area contributed by atoms with E-state index in [0.29, 0.717) is 5.92 Å². The SMILES string of the molecule is OC1(Cc2ccccn2)CCC2CC21. The Morgan fingerprint density at radius 1 is 1.50 bits per heavy atom. The summed E-state index contributed by atoms with van der Waals surface area (Å²) in [6, 6.07) is 5.92. The lowest BCUT2D eigenvalue weighted by molar-refractivity contribution is 0.0244. The van der Waals surface area contributed by atoms with Crippen molar-refractivity contribution in [2.75, 3.05) is 0 Å². The van der Waals surface area contributed by atoms with Crippen LogP contribution >= 0.6 is 0 Å². The predicted octanol–water partition coefficient (Wildman–Crippen LogP) is 1.79. The van der Waals surface area contributed by atoms with Gasteiger partial charge in [-0.1, -0.05) is 6.07 Å². The molecule has 1 heterocycles. The molecule has 2 aliphatic rings. The molecule has 0 bridgehead atoms. The van der Waals surface area contributed by atoms with Crippen LogP contribution in [-0.4, -0.2) is 15.7 Å². The maximum absolute atomic E-state index is 10.4. The van der Waals surface area contributed by atoms with Gasteiger partial charge in [-0.3, -0.25) is 4.98 Å². The van der Waals surface area contributed by atoms with Crippen molar-refractivity contribution in [2.24, 2.45) is 11.8 Å². The van der Waals surface area contributed by atoms with Gasteiger partial charge in [-0.15, -0.1) is 0 Å². The Hall–Kier alpha value is -0.890. The third-order valence-electron chi connectivity index (χ3n) is 3.77. The maximum Gasteiger partial charge on any atom is 0.0733 e. The summed E-state index contributed by atoms with van der Waals surface area (Å²) in [7, 11) is 0. The van der Waals surface area contributed by atoms with E-state index < -0.39 is 5.60 Å². The zero-order valence-electron chi connectivity index (χ0n) is 8.19. The summed E-state index contributed by atoms with van der Waals surface area (Å²) in [6.45, 7) is 0. The molecule has 1 N–H and O–H groups in total. The number of aromatic nitrogens is 1. The highest BCUT2D eigenvalue weighted by atomic mass is 16.3. The lowest BCUT2D eigenvalue weighted by atomic mass is 9.92. The van der Waals surface area contributed by atoms with Gasteiger partial charge in [-0.05, 0) is 43.2 Å². The third-order valence-corrected chi connectivity index (χ3v) is 3.77. The van der Waals surface area contributed by atoms with E-state index in [2.05, 4.69) is 4.98 Å². The van der Waals surface area contributed by atoms with Gasteiger partial charge in [-0.25, -0.2) is 0 Å². The predicted molar refractivity (Wildman–Crippen MR) is 53.7 cm³/mol. The summed E-state index contributed by atoms with van der Waals surface area (Å²) in [5.41, 5.74) is 0.599. The molecule has 74 valence electrons. The molecule has 0 spiro atoms. The molecule has 0 aromatic carbocycles. The number of rotatable bonds is 2. The molecule has 3 atom stereocenters. The van der Waals surface area contributed by atoms with Crippen molar-refractivity contribution < 1.29 is 5.11 Å². The summed E-state index contributed by atoms with van der Waals surface area (Å²) in [5, 5.41) is 10.4. The van der Waals surface area contributed by atoms with Crippen LogP contribution in [0.2, 0.25) is 0 Å². The topological polar surface area (TPSA) is 33.1 Å². The van der Waals surface area contributed by atoms with Gasteiger partial charge in [0.05, 0.1) is 5.60 Å². The largest absolute Gasteiger partial charge is 0.389 e. The van der Waals surface area contributed by atoms with E-state index in [1.54, 1.807) is 6.20 Å². The smallest absolute Gasteiger partial charge is 0.0733 e. The normalized spacial score (nSPS) is 39.5. The van der Waals surface area contributed by atoms with Gasteiger partial charge in [0.2, 0.25) is 0 Å². The Labute approximate surface area is 84.0 Å². The molecular formula is C12H15NO. The first-order valence-electron chi connectivity index (χ1n) is 5.40. The van der Waals surface area contributed by atoms with E-state index in [1.807, 2.05) is 18.2 Å². The first kappa shape index (κ1) is 8.42. The summed E-state index contributed by atoms with van der Waals surface area (Å²) in [5.74, 6) is 1.40. The van der Waals surface area contributed by atoms with Crippen molar-refractivity contribution >= 4 is 0 Å². The zero-order chi connectivity index (χ0) is 9.60. The molecule has 3 rings (SSSR count). The van der Waals surface area contributed by atoms with E-state index in [0.717, 1.165) is 24.5 Å². The molecule has 2 fully saturated rings. The zero-order valence-corrected chi connectivity index (χ0v) is 8.19. The van der Waals surface area contributed by atoms with E-state index in [-0.39, 0.29) is 0 Å². The van der Waals surface area contributed by atoms with Crippen LogP contribution in [0.3, 0.4) is 0 Å². The van der Waals surface area contributed by atoms with E-state index in [4.69, 9.17) is 0 Å². The quantitative estimate of drug-likeness (QED) is 0.769. The molecule has 1 aromatic rings. The van der Waals surface area contributed by atoms with Gasteiger partial charge in [0.1, 0.15) is 0 Å². The van der Waals surface area contributed by atoms with Crippen LogP contribution in [-0.2, 0) is 6.42 Å². The second kappa shape index (κ2) is 2.80. The molecular weight excluding hydrogens is 174 g/mol. The van der Waals surface area contributed by atoms with Crippen molar-refractivity contribution in [1.29, 1.82) is 0 Å². The van der Waals surface area contributed by atoms with Crippen LogP contribution < -0.4 is 0 Å². The number of nitrogens with zero attached hydrogens (tertiary/aromatic N) is 1. The van der Waals surface area contributed by atoms with Crippen LogP contribution in [0.25, 0.3) is 0 Å². The molecule has 0 saturated heterocycles. The molecule has 2 nitrogen and oxygen atoms in total. The van der Waals surface area contributed by atoms with Gasteiger partial charge in [0, 0.05) is 18.3 Å². The Kier molecular flexibility index (Phi) is 1.68. The second-order valence-electron chi connectivity index (χ2n) is 4.74. The Morgan fingerprint density at radius 3 is 3.00 bits per heavy atom. The van der Waals surface area contributed by atoms with Crippen LogP contribution in [0.5, 0.6) is 0 Å². The molecule has 0 amide bonds. The lowest BCUT2D eigenvalue weighted by Gasteiger charge is -2.24. The van der Waals surface area contributed by atoms with E-state index in [9.17, 15) is 5.11 Å². The Balaban J connectivity index is 1.78. The fourth-order valence-electron chi connectivity index (χ4n) is 2.88. The minimum atomic E-state index is -0.432. The molecule has 14 heavy (non-hydrogen) atoms. The van der Waals surface area contributed by atoms with Gasteiger partial charge < -0.3 is 5.11 Å². The molecule has 2 aliphatic carbocycles. The van der Waals surface area contributed by atoms with Crippen LogP contribution in [0, 0.1) is 11.8 Å². The molecule has 2 saturated carbocycles. The van der Waals surface area contributed by atoms with Gasteiger partial charge in [0.15, 0.2) is 0 Å².